The Bertz CT molecular complexity index is 531. The zero-order valence-corrected chi connectivity index (χ0v) is 7.45. The predicted octanol–water partition coefficient (Wildman–Crippen LogP) is 0.692. The van der Waals surface area contributed by atoms with Crippen molar-refractivity contribution in [1.82, 2.24) is 4.98 Å². The van der Waals surface area contributed by atoms with E-state index in [9.17, 15) is 9.90 Å². The highest BCUT2D eigenvalue weighted by Crippen LogP contribution is 2.15. The highest BCUT2D eigenvalue weighted by molar-refractivity contribution is 5.80. The molecule has 1 aromatic heterocycles. The number of phenols is 1. The number of aromatic nitrogens is 1. The summed E-state index contributed by atoms with van der Waals surface area (Å²) in [6, 6.07) is 4.58. The molecule has 4 N–H and O–H groups in total. The van der Waals surface area contributed by atoms with Gasteiger partial charge in [-0.25, -0.2) is 0 Å². The molecule has 0 radical (unpaired) electrons. The lowest BCUT2D eigenvalue weighted by Gasteiger charge is -2.01. The number of hydrogen-bond donors (Lipinski definition) is 3. The van der Waals surface area contributed by atoms with E-state index in [1.165, 1.54) is 12.1 Å². The molecule has 4 heteroatoms. The number of aromatic hydroxyl groups is 1. The average Bonchev–Trinajstić information content (AvgIpc) is 2.18. The molecule has 0 aliphatic rings. The second-order valence-corrected chi connectivity index (χ2v) is 3.08. The summed E-state index contributed by atoms with van der Waals surface area (Å²) >= 11 is 0. The van der Waals surface area contributed by atoms with Crippen LogP contribution >= 0.6 is 0 Å². The van der Waals surface area contributed by atoms with Crippen LogP contribution in [0.2, 0.25) is 0 Å². The van der Waals surface area contributed by atoms with Gasteiger partial charge in [-0.1, -0.05) is 0 Å². The number of aromatic amines is 1. The fourth-order valence-electron chi connectivity index (χ4n) is 1.40. The van der Waals surface area contributed by atoms with Crippen LogP contribution < -0.4 is 11.2 Å². The Morgan fingerprint density at radius 2 is 2.21 bits per heavy atom. The van der Waals surface area contributed by atoms with Crippen molar-refractivity contribution in [2.24, 2.45) is 5.73 Å². The second kappa shape index (κ2) is 3.16. The number of benzene rings is 1. The van der Waals surface area contributed by atoms with Crippen molar-refractivity contribution < 1.29 is 5.11 Å². The molecule has 0 aliphatic heterocycles. The van der Waals surface area contributed by atoms with Crippen LogP contribution in [0.25, 0.3) is 10.9 Å². The van der Waals surface area contributed by atoms with Gasteiger partial charge in [-0.3, -0.25) is 4.79 Å². The molecule has 0 amide bonds. The van der Waals surface area contributed by atoms with Crippen LogP contribution in [0.1, 0.15) is 5.56 Å². The number of hydrogen-bond acceptors (Lipinski definition) is 3. The van der Waals surface area contributed by atoms with Crippen LogP contribution in [0.15, 0.2) is 29.2 Å². The van der Waals surface area contributed by atoms with Crippen molar-refractivity contribution in [2.75, 3.05) is 0 Å². The van der Waals surface area contributed by atoms with Gasteiger partial charge >= 0.3 is 0 Å². The molecule has 1 heterocycles. The molecule has 0 spiro atoms. The minimum absolute atomic E-state index is 0.0822. The number of nitrogens with two attached hydrogens (primary N) is 1. The highest BCUT2D eigenvalue weighted by Gasteiger charge is 2.03. The number of rotatable bonds is 1. The molecular weight excluding hydrogens is 180 g/mol. The summed E-state index contributed by atoms with van der Waals surface area (Å²) in [6.45, 7) is 0.214. The van der Waals surface area contributed by atoms with Crippen LogP contribution in [-0.4, -0.2) is 10.1 Å². The van der Waals surface area contributed by atoms with E-state index in [0.29, 0.717) is 16.5 Å². The van der Waals surface area contributed by atoms with Gasteiger partial charge in [0, 0.05) is 29.8 Å². The molecule has 0 aliphatic carbocycles. The first-order valence-corrected chi connectivity index (χ1v) is 4.25. The van der Waals surface area contributed by atoms with Gasteiger partial charge < -0.3 is 15.8 Å². The third kappa shape index (κ3) is 1.25. The van der Waals surface area contributed by atoms with Gasteiger partial charge in [0.05, 0.1) is 5.52 Å². The lowest BCUT2D eigenvalue weighted by molar-refractivity contribution is 0.476. The first-order valence-electron chi connectivity index (χ1n) is 4.25. The summed E-state index contributed by atoms with van der Waals surface area (Å²) in [4.78, 5) is 14.6. The van der Waals surface area contributed by atoms with Gasteiger partial charge in [-0.2, -0.15) is 0 Å². The van der Waals surface area contributed by atoms with E-state index in [-0.39, 0.29) is 17.7 Å². The Morgan fingerprint density at radius 1 is 1.43 bits per heavy atom. The molecular formula is C10H10N2O2. The fourth-order valence-corrected chi connectivity index (χ4v) is 1.40. The number of pyridine rings is 1. The molecule has 2 rings (SSSR count). The molecule has 72 valence electrons. The zero-order chi connectivity index (χ0) is 10.1. The van der Waals surface area contributed by atoms with Gasteiger partial charge in [-0.05, 0) is 12.1 Å². The Kier molecular flexibility index (Phi) is 1.98. The maximum Gasteiger partial charge on any atom is 0.193 e. The largest absolute Gasteiger partial charge is 0.508 e. The minimum atomic E-state index is -0.0822. The van der Waals surface area contributed by atoms with Gasteiger partial charge in [0.1, 0.15) is 5.75 Å². The SMILES string of the molecule is NCc1c[nH]c2cc(O)ccc2c1=O. The summed E-state index contributed by atoms with van der Waals surface area (Å²) in [5, 5.41) is 9.75. The second-order valence-electron chi connectivity index (χ2n) is 3.08. The van der Waals surface area contributed by atoms with E-state index >= 15 is 0 Å². The number of nitrogens with one attached hydrogen (secondary N) is 1. The Balaban J connectivity index is 2.84. The standard InChI is InChI=1S/C10H10N2O2/c11-4-6-5-12-9-3-7(13)1-2-8(9)10(6)14/h1-3,5,13H,4,11H2,(H,12,14). The van der Waals surface area contributed by atoms with E-state index in [1.54, 1.807) is 12.3 Å². The topological polar surface area (TPSA) is 79.1 Å². The monoisotopic (exact) mass is 190 g/mol. The lowest BCUT2D eigenvalue weighted by atomic mass is 10.1. The Labute approximate surface area is 80.0 Å². The van der Waals surface area contributed by atoms with Crippen molar-refractivity contribution >= 4 is 10.9 Å². The number of fused-ring (bicyclic) bond motifs is 1. The molecule has 4 nitrogen and oxygen atoms in total. The Hall–Kier alpha value is -1.81. The molecule has 0 saturated carbocycles. The summed E-state index contributed by atoms with van der Waals surface area (Å²) in [5.41, 5.74) is 6.48. The molecule has 0 bridgehead atoms. The predicted molar refractivity (Wildman–Crippen MR) is 54.1 cm³/mol. The molecule has 0 atom stereocenters. The summed E-state index contributed by atoms with van der Waals surface area (Å²) in [7, 11) is 0. The van der Waals surface area contributed by atoms with Crippen LogP contribution in [0.3, 0.4) is 0 Å². The number of H-pyrrole nitrogens is 1. The smallest absolute Gasteiger partial charge is 0.193 e. The molecule has 0 unspecified atom stereocenters. The van der Waals surface area contributed by atoms with Crippen molar-refractivity contribution in [2.45, 2.75) is 6.54 Å². The van der Waals surface area contributed by atoms with E-state index in [4.69, 9.17) is 5.73 Å². The molecule has 0 saturated heterocycles. The van der Waals surface area contributed by atoms with E-state index in [0.717, 1.165) is 0 Å². The molecule has 0 fully saturated rings. The van der Waals surface area contributed by atoms with Crippen molar-refractivity contribution in [3.63, 3.8) is 0 Å². The quantitative estimate of drug-likeness (QED) is 0.619. The molecule has 2 aromatic rings. The summed E-state index contributed by atoms with van der Waals surface area (Å²) in [5.74, 6) is 0.133. The molecule has 1 aromatic carbocycles. The third-order valence-electron chi connectivity index (χ3n) is 2.16. The van der Waals surface area contributed by atoms with E-state index < -0.39 is 0 Å². The summed E-state index contributed by atoms with van der Waals surface area (Å²) in [6.07, 6.45) is 1.57. The first-order chi connectivity index (χ1) is 6.72. The normalized spacial score (nSPS) is 10.6. The van der Waals surface area contributed by atoms with Crippen molar-refractivity contribution in [3.05, 3.63) is 40.2 Å². The lowest BCUT2D eigenvalue weighted by Crippen LogP contribution is -2.13. The van der Waals surface area contributed by atoms with Gasteiger partial charge in [0.15, 0.2) is 5.43 Å². The average molecular weight is 190 g/mol. The molecule has 14 heavy (non-hydrogen) atoms. The number of phenolic OH excluding ortho intramolecular Hbond substituents is 1. The van der Waals surface area contributed by atoms with Crippen LogP contribution in [0, 0.1) is 0 Å². The highest BCUT2D eigenvalue weighted by atomic mass is 16.3. The third-order valence-corrected chi connectivity index (χ3v) is 2.16. The van der Waals surface area contributed by atoms with Gasteiger partial charge in [-0.15, -0.1) is 0 Å². The zero-order valence-electron chi connectivity index (χ0n) is 7.45. The van der Waals surface area contributed by atoms with Gasteiger partial charge in [0.2, 0.25) is 0 Å². The van der Waals surface area contributed by atoms with Crippen molar-refractivity contribution in [3.8, 4) is 5.75 Å². The van der Waals surface area contributed by atoms with E-state index in [2.05, 4.69) is 4.98 Å². The van der Waals surface area contributed by atoms with E-state index in [1.807, 2.05) is 0 Å². The Morgan fingerprint density at radius 3 is 2.93 bits per heavy atom. The summed E-state index contributed by atoms with van der Waals surface area (Å²) < 4.78 is 0. The van der Waals surface area contributed by atoms with Crippen LogP contribution in [0.4, 0.5) is 0 Å². The maximum atomic E-state index is 11.7. The fraction of sp³-hybridized carbons (Fsp3) is 0.100. The van der Waals surface area contributed by atoms with Crippen molar-refractivity contribution in [1.29, 1.82) is 0 Å². The van der Waals surface area contributed by atoms with Crippen LogP contribution in [0.5, 0.6) is 5.75 Å². The van der Waals surface area contributed by atoms with Crippen LogP contribution in [-0.2, 0) is 6.54 Å². The first kappa shape index (κ1) is 8.77. The van der Waals surface area contributed by atoms with Gasteiger partial charge in [0.25, 0.3) is 0 Å². The maximum absolute atomic E-state index is 11.7. The minimum Gasteiger partial charge on any atom is -0.508 e.